The highest BCUT2D eigenvalue weighted by atomic mass is 79.9. The Morgan fingerprint density at radius 1 is 1.05 bits per heavy atom. The quantitative estimate of drug-likeness (QED) is 0.728. The predicted octanol–water partition coefficient (Wildman–Crippen LogP) is 1.21. The lowest BCUT2D eigenvalue weighted by molar-refractivity contribution is -0.126. The van der Waals surface area contributed by atoms with E-state index in [1.165, 1.54) is 0 Å². The van der Waals surface area contributed by atoms with Crippen LogP contribution in [0.1, 0.15) is 31.1 Å². The van der Waals surface area contributed by atoms with Crippen molar-refractivity contribution in [3.63, 3.8) is 0 Å². The van der Waals surface area contributed by atoms with Gasteiger partial charge in [0.05, 0.1) is 13.1 Å². The summed E-state index contributed by atoms with van der Waals surface area (Å²) < 4.78 is 0.781. The lowest BCUT2D eigenvalue weighted by Crippen LogP contribution is -2.47. The fourth-order valence-corrected chi connectivity index (χ4v) is 2.00. The maximum absolute atomic E-state index is 11.8. The number of nitrogens with one attached hydrogen (secondary N) is 3. The molecule has 0 saturated carbocycles. The van der Waals surface area contributed by atoms with Gasteiger partial charge in [-0.1, -0.05) is 22.0 Å². The Morgan fingerprint density at radius 2 is 1.68 bits per heavy atom. The molecule has 1 aromatic carbocycles. The van der Waals surface area contributed by atoms with Gasteiger partial charge in [0.15, 0.2) is 0 Å². The van der Waals surface area contributed by atoms with Crippen molar-refractivity contribution in [3.05, 3.63) is 34.3 Å². The Hall–Kier alpha value is -1.89. The molecule has 22 heavy (non-hydrogen) atoms. The topological polar surface area (TPSA) is 87.3 Å². The summed E-state index contributed by atoms with van der Waals surface area (Å²) in [6, 6.07) is 6.84. The molecule has 0 aromatic heterocycles. The standard InChI is InChI=1S/C15H20BrN3O3/c1-15(2,3)19-13(21)9-17-12(20)8-18-14(22)10-5-4-6-11(16)7-10/h4-7H,8-9H2,1-3H3,(H,17,20)(H,18,22)(H,19,21). The van der Waals surface area contributed by atoms with Crippen molar-refractivity contribution >= 4 is 33.7 Å². The Balaban J connectivity index is 2.34. The van der Waals surface area contributed by atoms with E-state index in [2.05, 4.69) is 31.9 Å². The molecule has 0 radical (unpaired) electrons. The van der Waals surface area contributed by atoms with Crippen LogP contribution in [0.3, 0.4) is 0 Å². The fourth-order valence-electron chi connectivity index (χ4n) is 1.60. The molecule has 0 aliphatic rings. The Morgan fingerprint density at radius 3 is 2.27 bits per heavy atom. The van der Waals surface area contributed by atoms with Crippen LogP contribution in [0.4, 0.5) is 0 Å². The Bertz CT molecular complexity index is 567. The summed E-state index contributed by atoms with van der Waals surface area (Å²) in [7, 11) is 0. The van der Waals surface area contributed by atoms with Crippen molar-refractivity contribution in [2.75, 3.05) is 13.1 Å². The fraction of sp³-hybridized carbons (Fsp3) is 0.400. The van der Waals surface area contributed by atoms with Crippen molar-refractivity contribution in [3.8, 4) is 0 Å². The molecule has 0 unspecified atom stereocenters. The molecule has 0 aliphatic heterocycles. The van der Waals surface area contributed by atoms with Gasteiger partial charge >= 0.3 is 0 Å². The molecule has 6 nitrogen and oxygen atoms in total. The summed E-state index contributed by atoms with van der Waals surface area (Å²) in [5.41, 5.74) is 0.101. The summed E-state index contributed by atoms with van der Waals surface area (Å²) in [5.74, 6) is -1.05. The minimum Gasteiger partial charge on any atom is -0.350 e. The van der Waals surface area contributed by atoms with E-state index in [0.717, 1.165) is 4.47 Å². The Kier molecular flexibility index (Phi) is 6.55. The molecule has 0 aliphatic carbocycles. The molecule has 120 valence electrons. The van der Waals surface area contributed by atoms with E-state index >= 15 is 0 Å². The van der Waals surface area contributed by atoms with Crippen LogP contribution in [0.5, 0.6) is 0 Å². The maximum atomic E-state index is 11.8. The van der Waals surface area contributed by atoms with E-state index in [1.807, 2.05) is 20.8 Å². The summed E-state index contributed by atoms with van der Waals surface area (Å²) >= 11 is 3.27. The highest BCUT2D eigenvalue weighted by Gasteiger charge is 2.14. The highest BCUT2D eigenvalue weighted by Crippen LogP contribution is 2.11. The van der Waals surface area contributed by atoms with Crippen molar-refractivity contribution in [1.82, 2.24) is 16.0 Å². The molecule has 0 heterocycles. The van der Waals surface area contributed by atoms with Crippen molar-refractivity contribution in [1.29, 1.82) is 0 Å². The van der Waals surface area contributed by atoms with Gasteiger partial charge in [0, 0.05) is 15.6 Å². The number of rotatable bonds is 5. The Labute approximate surface area is 138 Å². The molecule has 0 atom stereocenters. The van der Waals surface area contributed by atoms with Gasteiger partial charge in [0.1, 0.15) is 0 Å². The van der Waals surface area contributed by atoms with Crippen LogP contribution in [0.25, 0.3) is 0 Å². The van der Waals surface area contributed by atoms with E-state index in [1.54, 1.807) is 24.3 Å². The maximum Gasteiger partial charge on any atom is 0.251 e. The predicted molar refractivity (Wildman–Crippen MR) is 87.4 cm³/mol. The van der Waals surface area contributed by atoms with Gasteiger partial charge in [0.2, 0.25) is 11.8 Å². The van der Waals surface area contributed by atoms with Gasteiger partial charge in [-0.25, -0.2) is 0 Å². The van der Waals surface area contributed by atoms with E-state index in [-0.39, 0.29) is 30.4 Å². The van der Waals surface area contributed by atoms with E-state index < -0.39 is 5.91 Å². The van der Waals surface area contributed by atoms with Crippen molar-refractivity contribution in [2.45, 2.75) is 26.3 Å². The van der Waals surface area contributed by atoms with Gasteiger partial charge in [-0.05, 0) is 39.0 Å². The van der Waals surface area contributed by atoms with Crippen LogP contribution in [0.15, 0.2) is 28.7 Å². The molecule has 0 spiro atoms. The second kappa shape index (κ2) is 7.93. The number of hydrogen-bond donors (Lipinski definition) is 3. The van der Waals surface area contributed by atoms with Gasteiger partial charge in [0.25, 0.3) is 5.91 Å². The van der Waals surface area contributed by atoms with Crippen LogP contribution in [-0.2, 0) is 9.59 Å². The third-order valence-corrected chi connectivity index (χ3v) is 2.95. The molecular formula is C15H20BrN3O3. The number of halogens is 1. The average molecular weight is 370 g/mol. The monoisotopic (exact) mass is 369 g/mol. The van der Waals surface area contributed by atoms with Gasteiger partial charge in [-0.2, -0.15) is 0 Å². The number of benzene rings is 1. The number of carbonyl (C=O) groups is 3. The molecule has 1 rings (SSSR count). The average Bonchev–Trinajstić information content (AvgIpc) is 2.40. The summed E-state index contributed by atoms with van der Waals surface area (Å²) in [5, 5.41) is 7.67. The molecule has 0 saturated heterocycles. The second-order valence-corrected chi connectivity index (χ2v) is 6.68. The largest absolute Gasteiger partial charge is 0.350 e. The second-order valence-electron chi connectivity index (χ2n) is 5.77. The van der Waals surface area contributed by atoms with Crippen LogP contribution in [0.2, 0.25) is 0 Å². The summed E-state index contributed by atoms with van der Waals surface area (Å²) in [6.07, 6.45) is 0. The molecule has 1 aromatic rings. The minimum atomic E-state index is -0.424. The summed E-state index contributed by atoms with van der Waals surface area (Å²) in [6.45, 7) is 5.25. The van der Waals surface area contributed by atoms with Crippen molar-refractivity contribution in [2.24, 2.45) is 0 Å². The summed E-state index contributed by atoms with van der Waals surface area (Å²) in [4.78, 5) is 35.0. The zero-order valence-corrected chi connectivity index (χ0v) is 14.4. The number of amides is 3. The number of hydrogen-bond acceptors (Lipinski definition) is 3. The molecule has 3 amide bonds. The lowest BCUT2D eigenvalue weighted by Gasteiger charge is -2.20. The molecule has 7 heteroatoms. The first-order valence-electron chi connectivity index (χ1n) is 6.79. The number of carbonyl (C=O) groups excluding carboxylic acids is 3. The van der Waals surface area contributed by atoms with Gasteiger partial charge in [-0.3, -0.25) is 14.4 Å². The first kappa shape index (κ1) is 18.2. The van der Waals surface area contributed by atoms with E-state index in [0.29, 0.717) is 5.56 Å². The first-order chi connectivity index (χ1) is 10.2. The smallest absolute Gasteiger partial charge is 0.251 e. The SMILES string of the molecule is CC(C)(C)NC(=O)CNC(=O)CNC(=O)c1cccc(Br)c1. The normalized spacial score (nSPS) is 10.7. The zero-order chi connectivity index (χ0) is 16.8. The van der Waals surface area contributed by atoms with E-state index in [9.17, 15) is 14.4 Å². The van der Waals surface area contributed by atoms with Crippen LogP contribution in [-0.4, -0.2) is 36.3 Å². The van der Waals surface area contributed by atoms with E-state index in [4.69, 9.17) is 0 Å². The third kappa shape index (κ3) is 7.21. The van der Waals surface area contributed by atoms with Crippen molar-refractivity contribution < 1.29 is 14.4 Å². The first-order valence-corrected chi connectivity index (χ1v) is 7.58. The molecule has 3 N–H and O–H groups in total. The molecule has 0 bridgehead atoms. The van der Waals surface area contributed by atoms with Gasteiger partial charge in [-0.15, -0.1) is 0 Å². The zero-order valence-electron chi connectivity index (χ0n) is 12.8. The van der Waals surface area contributed by atoms with Gasteiger partial charge < -0.3 is 16.0 Å². The highest BCUT2D eigenvalue weighted by molar-refractivity contribution is 9.10. The third-order valence-electron chi connectivity index (χ3n) is 2.46. The van der Waals surface area contributed by atoms with Crippen LogP contribution >= 0.6 is 15.9 Å². The van der Waals surface area contributed by atoms with Crippen LogP contribution in [0, 0.1) is 0 Å². The molecular weight excluding hydrogens is 350 g/mol. The van der Waals surface area contributed by atoms with Crippen LogP contribution < -0.4 is 16.0 Å². The lowest BCUT2D eigenvalue weighted by atomic mass is 10.1. The minimum absolute atomic E-state index is 0.122. The molecule has 0 fully saturated rings.